The van der Waals surface area contributed by atoms with Crippen LogP contribution in [0.25, 0.3) is 0 Å². The topological polar surface area (TPSA) is 32.3 Å². The average molecular weight is 398 g/mol. The van der Waals surface area contributed by atoms with Gasteiger partial charge in [0.05, 0.1) is 16.8 Å². The number of anilines is 2. The fourth-order valence-corrected chi connectivity index (χ4v) is 3.74. The predicted molar refractivity (Wildman–Crippen MR) is 106 cm³/mol. The van der Waals surface area contributed by atoms with Crippen molar-refractivity contribution in [1.29, 1.82) is 0 Å². The summed E-state index contributed by atoms with van der Waals surface area (Å²) in [4.78, 5) is 13.6. The van der Waals surface area contributed by atoms with Gasteiger partial charge in [0.25, 0.3) is 0 Å². The van der Waals surface area contributed by atoms with E-state index in [0.29, 0.717) is 33.7 Å². The van der Waals surface area contributed by atoms with Crippen LogP contribution in [0.3, 0.4) is 0 Å². The summed E-state index contributed by atoms with van der Waals surface area (Å²) in [5, 5.41) is 5.30. The fraction of sp³-hybridized carbons (Fsp3) is 0.316. The Morgan fingerprint density at radius 2 is 1.72 bits per heavy atom. The Bertz CT molecular complexity index is 784. The number of ketones is 1. The van der Waals surface area contributed by atoms with E-state index in [-0.39, 0.29) is 6.04 Å². The number of nitrogens with one attached hydrogen (secondary N) is 1. The zero-order valence-corrected chi connectivity index (χ0v) is 16.1. The van der Waals surface area contributed by atoms with E-state index in [4.69, 9.17) is 34.8 Å². The molecular formula is C19H19Cl3N2O. The van der Waals surface area contributed by atoms with Gasteiger partial charge >= 0.3 is 0 Å². The average Bonchev–Trinajstić information content (AvgIpc) is 2.57. The molecule has 1 aliphatic rings. The van der Waals surface area contributed by atoms with Crippen LogP contribution in [-0.2, 0) is 4.79 Å². The maximum Gasteiger partial charge on any atom is 0.136 e. The van der Waals surface area contributed by atoms with E-state index in [1.165, 1.54) is 0 Å². The third kappa shape index (κ3) is 4.41. The first-order chi connectivity index (χ1) is 11.9. The van der Waals surface area contributed by atoms with Gasteiger partial charge in [0, 0.05) is 41.7 Å². The van der Waals surface area contributed by atoms with Crippen LogP contribution < -0.4 is 10.2 Å². The lowest BCUT2D eigenvalue weighted by molar-refractivity contribution is -0.119. The maximum atomic E-state index is 11.4. The Labute approximate surface area is 162 Å². The zero-order chi connectivity index (χ0) is 18.0. The van der Waals surface area contributed by atoms with Crippen molar-refractivity contribution in [1.82, 2.24) is 0 Å². The van der Waals surface area contributed by atoms with Crippen molar-refractivity contribution in [2.24, 2.45) is 0 Å². The molecule has 1 N–H and O–H groups in total. The summed E-state index contributed by atoms with van der Waals surface area (Å²) >= 11 is 18.6. The molecule has 0 aliphatic carbocycles. The van der Waals surface area contributed by atoms with Gasteiger partial charge in [0.1, 0.15) is 5.78 Å². The van der Waals surface area contributed by atoms with Gasteiger partial charge < -0.3 is 10.2 Å². The molecule has 1 aliphatic heterocycles. The molecule has 1 atom stereocenters. The highest BCUT2D eigenvalue weighted by Crippen LogP contribution is 2.33. The van der Waals surface area contributed by atoms with Crippen LogP contribution >= 0.6 is 34.8 Å². The van der Waals surface area contributed by atoms with Gasteiger partial charge in [-0.2, -0.15) is 0 Å². The van der Waals surface area contributed by atoms with Crippen LogP contribution in [0, 0.1) is 0 Å². The Balaban J connectivity index is 1.79. The third-order valence-electron chi connectivity index (χ3n) is 4.44. The van der Waals surface area contributed by atoms with E-state index >= 15 is 0 Å². The second-order valence-electron chi connectivity index (χ2n) is 6.22. The normalized spacial score (nSPS) is 16.0. The number of benzene rings is 2. The first kappa shape index (κ1) is 18.4. The van der Waals surface area contributed by atoms with E-state index in [1.54, 1.807) is 6.07 Å². The lowest BCUT2D eigenvalue weighted by atomic mass is 10.1. The predicted octanol–water partition coefficient (Wildman–Crippen LogP) is 5.99. The molecule has 1 fully saturated rings. The molecule has 0 radical (unpaired) electrons. The van der Waals surface area contributed by atoms with E-state index in [9.17, 15) is 4.79 Å². The molecular weight excluding hydrogens is 379 g/mol. The summed E-state index contributed by atoms with van der Waals surface area (Å²) in [5.74, 6) is 0.328. The molecule has 132 valence electrons. The summed E-state index contributed by atoms with van der Waals surface area (Å²) in [6, 6.07) is 11.3. The molecule has 3 nitrogen and oxygen atoms in total. The summed E-state index contributed by atoms with van der Waals surface area (Å²) in [6.45, 7) is 3.52. The monoisotopic (exact) mass is 396 g/mol. The molecule has 0 amide bonds. The van der Waals surface area contributed by atoms with E-state index in [1.807, 2.05) is 37.3 Å². The van der Waals surface area contributed by atoms with Gasteiger partial charge in [0.15, 0.2) is 0 Å². The third-order valence-corrected chi connectivity index (χ3v) is 5.33. The standard InChI is InChI=1S/C19H19Cl3N2O/c1-12(16-4-2-13(20)10-18(16)22)23-19-11-14(3-5-17(19)21)24-8-6-15(25)7-9-24/h2-5,10-12,23H,6-9H2,1H3/t12-/m1/s1. The molecule has 0 spiro atoms. The van der Waals surface area contributed by atoms with Crippen LogP contribution in [0.1, 0.15) is 31.4 Å². The van der Waals surface area contributed by atoms with E-state index < -0.39 is 0 Å². The minimum atomic E-state index is -0.0274. The van der Waals surface area contributed by atoms with Crippen molar-refractivity contribution in [2.75, 3.05) is 23.3 Å². The summed E-state index contributed by atoms with van der Waals surface area (Å²) in [6.07, 6.45) is 1.20. The van der Waals surface area contributed by atoms with Crippen molar-refractivity contribution in [3.05, 3.63) is 57.0 Å². The number of carbonyl (C=O) groups excluding carboxylic acids is 1. The van der Waals surface area contributed by atoms with Gasteiger partial charge in [-0.3, -0.25) is 4.79 Å². The van der Waals surface area contributed by atoms with Gasteiger partial charge in [-0.15, -0.1) is 0 Å². The van der Waals surface area contributed by atoms with Crippen molar-refractivity contribution < 1.29 is 4.79 Å². The lowest BCUT2D eigenvalue weighted by Gasteiger charge is -2.29. The molecule has 2 aromatic rings. The first-order valence-corrected chi connectivity index (χ1v) is 9.35. The molecule has 25 heavy (non-hydrogen) atoms. The second-order valence-corrected chi connectivity index (χ2v) is 7.47. The molecule has 1 saturated heterocycles. The Morgan fingerprint density at radius 1 is 1.00 bits per heavy atom. The molecule has 0 unspecified atom stereocenters. The van der Waals surface area contributed by atoms with Crippen LogP contribution in [-0.4, -0.2) is 18.9 Å². The molecule has 1 heterocycles. The van der Waals surface area contributed by atoms with Gasteiger partial charge in [-0.05, 0) is 42.8 Å². The van der Waals surface area contributed by atoms with Gasteiger partial charge in [-0.25, -0.2) is 0 Å². The SMILES string of the molecule is C[C@@H](Nc1cc(N2CCC(=O)CC2)ccc1Cl)c1ccc(Cl)cc1Cl. The van der Waals surface area contributed by atoms with Crippen molar-refractivity contribution >= 4 is 52.0 Å². The number of hydrogen-bond donors (Lipinski definition) is 1. The van der Waals surface area contributed by atoms with E-state index in [0.717, 1.165) is 30.0 Å². The van der Waals surface area contributed by atoms with Crippen molar-refractivity contribution in [2.45, 2.75) is 25.8 Å². The van der Waals surface area contributed by atoms with Crippen LogP contribution in [0.4, 0.5) is 11.4 Å². The molecule has 0 saturated carbocycles. The Morgan fingerprint density at radius 3 is 2.40 bits per heavy atom. The number of carbonyl (C=O) groups is 1. The number of Topliss-reactive ketones (excluding diaryl/α,β-unsaturated/α-hetero) is 1. The fourth-order valence-electron chi connectivity index (χ4n) is 3.00. The number of rotatable bonds is 4. The molecule has 0 bridgehead atoms. The smallest absolute Gasteiger partial charge is 0.136 e. The lowest BCUT2D eigenvalue weighted by Crippen LogP contribution is -2.33. The molecule has 6 heteroatoms. The van der Waals surface area contributed by atoms with Crippen molar-refractivity contribution in [3.8, 4) is 0 Å². The summed E-state index contributed by atoms with van der Waals surface area (Å²) < 4.78 is 0. The Hall–Kier alpha value is -1.42. The Kier molecular flexibility index (Phi) is 5.78. The summed E-state index contributed by atoms with van der Waals surface area (Å²) in [7, 11) is 0. The highest BCUT2D eigenvalue weighted by atomic mass is 35.5. The van der Waals surface area contributed by atoms with Crippen LogP contribution in [0.2, 0.25) is 15.1 Å². The second kappa shape index (κ2) is 7.86. The number of piperidine rings is 1. The number of hydrogen-bond acceptors (Lipinski definition) is 3. The number of halogens is 3. The molecule has 3 rings (SSSR count). The maximum absolute atomic E-state index is 11.4. The highest BCUT2D eigenvalue weighted by Gasteiger charge is 2.18. The van der Waals surface area contributed by atoms with Gasteiger partial charge in [0.2, 0.25) is 0 Å². The molecule has 2 aromatic carbocycles. The molecule has 0 aromatic heterocycles. The first-order valence-electron chi connectivity index (χ1n) is 8.22. The quantitative estimate of drug-likeness (QED) is 0.688. The van der Waals surface area contributed by atoms with Crippen LogP contribution in [0.15, 0.2) is 36.4 Å². The van der Waals surface area contributed by atoms with E-state index in [2.05, 4.69) is 10.2 Å². The minimum Gasteiger partial charge on any atom is -0.377 e. The largest absolute Gasteiger partial charge is 0.377 e. The summed E-state index contributed by atoms with van der Waals surface area (Å²) in [5.41, 5.74) is 2.86. The van der Waals surface area contributed by atoms with Gasteiger partial charge in [-0.1, -0.05) is 40.9 Å². The number of nitrogens with zero attached hydrogens (tertiary/aromatic N) is 1. The van der Waals surface area contributed by atoms with Crippen molar-refractivity contribution in [3.63, 3.8) is 0 Å². The highest BCUT2D eigenvalue weighted by molar-refractivity contribution is 6.35. The minimum absolute atomic E-state index is 0.0274. The van der Waals surface area contributed by atoms with Crippen LogP contribution in [0.5, 0.6) is 0 Å². The zero-order valence-electron chi connectivity index (χ0n) is 13.9.